The van der Waals surface area contributed by atoms with E-state index in [1.54, 1.807) is 14.0 Å². The molecule has 1 aromatic carbocycles. The molecule has 1 aromatic rings. The third-order valence-electron chi connectivity index (χ3n) is 3.08. The summed E-state index contributed by atoms with van der Waals surface area (Å²) in [5, 5.41) is 5.08. The number of nitrogens with one attached hydrogen (secondary N) is 2. The number of amides is 3. The molecule has 0 aromatic heterocycles. The molecule has 0 saturated carbocycles. The summed E-state index contributed by atoms with van der Waals surface area (Å²) < 4.78 is 5.29. The summed E-state index contributed by atoms with van der Waals surface area (Å²) in [6, 6.07) is 4.28. The molecule has 0 aliphatic heterocycles. The van der Waals surface area contributed by atoms with Crippen molar-refractivity contribution in [1.82, 2.24) is 5.32 Å². The number of primary amides is 1. The molecule has 6 heteroatoms. The Morgan fingerprint density at radius 2 is 1.90 bits per heavy atom. The van der Waals surface area contributed by atoms with Crippen molar-refractivity contribution in [3.05, 3.63) is 23.8 Å². The van der Waals surface area contributed by atoms with Crippen molar-refractivity contribution in [3.63, 3.8) is 0 Å². The molecule has 0 spiro atoms. The van der Waals surface area contributed by atoms with Gasteiger partial charge in [-0.05, 0) is 30.0 Å². The highest BCUT2D eigenvalue weighted by Crippen LogP contribution is 2.31. The van der Waals surface area contributed by atoms with Crippen LogP contribution in [0, 0.1) is 0 Å². The standard InChI is InChI=1S/C15H23N3O3/c1-9(13(19)18-14(16)20)17-11-8-10(15(2,3)4)6-7-12(11)21-5/h6-9,17H,1-5H3,(H3,16,18,19,20)/t9-/m0/s1. The topological polar surface area (TPSA) is 93.4 Å². The van der Waals surface area contributed by atoms with Crippen molar-refractivity contribution in [1.29, 1.82) is 0 Å². The van der Waals surface area contributed by atoms with Crippen molar-refractivity contribution in [2.24, 2.45) is 5.73 Å². The van der Waals surface area contributed by atoms with Crippen LogP contribution in [0.15, 0.2) is 18.2 Å². The van der Waals surface area contributed by atoms with E-state index >= 15 is 0 Å². The van der Waals surface area contributed by atoms with Gasteiger partial charge >= 0.3 is 6.03 Å². The smallest absolute Gasteiger partial charge is 0.318 e. The van der Waals surface area contributed by atoms with Crippen molar-refractivity contribution >= 4 is 17.6 Å². The number of rotatable bonds is 4. The summed E-state index contributed by atoms with van der Waals surface area (Å²) in [7, 11) is 1.56. The van der Waals surface area contributed by atoms with Gasteiger partial charge in [-0.1, -0.05) is 26.8 Å². The largest absolute Gasteiger partial charge is 0.495 e. The van der Waals surface area contributed by atoms with Crippen LogP contribution in [0.1, 0.15) is 33.3 Å². The van der Waals surface area contributed by atoms with E-state index in [-0.39, 0.29) is 5.41 Å². The van der Waals surface area contributed by atoms with E-state index < -0.39 is 18.0 Å². The first-order valence-electron chi connectivity index (χ1n) is 6.70. The van der Waals surface area contributed by atoms with Crippen LogP contribution in [0.25, 0.3) is 0 Å². The van der Waals surface area contributed by atoms with Gasteiger partial charge in [0, 0.05) is 0 Å². The second kappa shape index (κ2) is 6.47. The number of benzene rings is 1. The van der Waals surface area contributed by atoms with Gasteiger partial charge < -0.3 is 15.8 Å². The zero-order chi connectivity index (χ0) is 16.2. The van der Waals surface area contributed by atoms with Gasteiger partial charge in [0.25, 0.3) is 0 Å². The van der Waals surface area contributed by atoms with Gasteiger partial charge in [0.2, 0.25) is 5.91 Å². The maximum Gasteiger partial charge on any atom is 0.318 e. The van der Waals surface area contributed by atoms with Crippen molar-refractivity contribution in [2.75, 3.05) is 12.4 Å². The lowest BCUT2D eigenvalue weighted by atomic mass is 9.86. The molecular formula is C15H23N3O3. The van der Waals surface area contributed by atoms with E-state index in [0.29, 0.717) is 11.4 Å². The molecule has 0 heterocycles. The van der Waals surface area contributed by atoms with Gasteiger partial charge in [-0.15, -0.1) is 0 Å². The second-order valence-corrected chi connectivity index (χ2v) is 5.88. The molecule has 0 unspecified atom stereocenters. The monoisotopic (exact) mass is 293 g/mol. The quantitative estimate of drug-likeness (QED) is 0.791. The minimum atomic E-state index is -0.871. The van der Waals surface area contributed by atoms with Crippen LogP contribution in [0.2, 0.25) is 0 Å². The van der Waals surface area contributed by atoms with E-state index in [9.17, 15) is 9.59 Å². The summed E-state index contributed by atoms with van der Waals surface area (Å²) >= 11 is 0. The minimum absolute atomic E-state index is 0.0264. The number of hydrogen-bond donors (Lipinski definition) is 3. The van der Waals surface area contributed by atoms with Crippen molar-refractivity contribution in [2.45, 2.75) is 39.2 Å². The van der Waals surface area contributed by atoms with Gasteiger partial charge in [0.05, 0.1) is 12.8 Å². The molecule has 0 fully saturated rings. The number of urea groups is 1. The zero-order valence-corrected chi connectivity index (χ0v) is 13.1. The molecule has 0 aliphatic carbocycles. The summed E-state index contributed by atoms with van der Waals surface area (Å²) in [6.07, 6.45) is 0. The number of imide groups is 1. The maximum atomic E-state index is 11.7. The number of hydrogen-bond acceptors (Lipinski definition) is 4. The van der Waals surface area contributed by atoms with E-state index in [1.165, 1.54) is 0 Å². The van der Waals surface area contributed by atoms with Crippen LogP contribution in [-0.2, 0) is 10.2 Å². The summed E-state index contributed by atoms with van der Waals surface area (Å²) in [5.41, 5.74) is 6.71. The van der Waals surface area contributed by atoms with Crippen LogP contribution in [-0.4, -0.2) is 25.1 Å². The van der Waals surface area contributed by atoms with Gasteiger partial charge in [-0.25, -0.2) is 4.79 Å². The second-order valence-electron chi connectivity index (χ2n) is 5.88. The summed E-state index contributed by atoms with van der Waals surface area (Å²) in [5.74, 6) is 0.132. The van der Waals surface area contributed by atoms with Gasteiger partial charge in [0.1, 0.15) is 11.8 Å². The van der Waals surface area contributed by atoms with E-state index in [1.807, 2.05) is 23.5 Å². The fraction of sp³-hybridized carbons (Fsp3) is 0.467. The van der Waals surface area contributed by atoms with E-state index in [2.05, 4.69) is 26.1 Å². The normalized spacial score (nSPS) is 12.4. The predicted octanol–water partition coefficient (Wildman–Crippen LogP) is 1.99. The van der Waals surface area contributed by atoms with Crippen molar-refractivity contribution < 1.29 is 14.3 Å². The number of nitrogens with two attached hydrogens (primary N) is 1. The fourth-order valence-electron chi connectivity index (χ4n) is 1.82. The molecule has 1 atom stereocenters. The summed E-state index contributed by atoms with van der Waals surface area (Å²) in [6.45, 7) is 7.94. The molecule has 0 aliphatic rings. The Morgan fingerprint density at radius 3 is 2.38 bits per heavy atom. The number of carbonyl (C=O) groups is 2. The molecule has 21 heavy (non-hydrogen) atoms. The first-order valence-corrected chi connectivity index (χ1v) is 6.70. The van der Waals surface area contributed by atoms with Gasteiger partial charge in [-0.3, -0.25) is 10.1 Å². The third kappa shape index (κ3) is 4.66. The molecule has 0 bridgehead atoms. The Balaban J connectivity index is 3.00. The fourth-order valence-corrected chi connectivity index (χ4v) is 1.82. The summed E-state index contributed by atoms with van der Waals surface area (Å²) in [4.78, 5) is 22.4. The highest BCUT2D eigenvalue weighted by atomic mass is 16.5. The van der Waals surface area contributed by atoms with E-state index in [0.717, 1.165) is 5.56 Å². The first-order chi connectivity index (χ1) is 9.65. The molecule has 3 amide bonds. The highest BCUT2D eigenvalue weighted by molar-refractivity contribution is 5.97. The van der Waals surface area contributed by atoms with Crippen molar-refractivity contribution in [3.8, 4) is 5.75 Å². The van der Waals surface area contributed by atoms with Crippen LogP contribution in [0.3, 0.4) is 0 Å². The Bertz CT molecular complexity index is 535. The molecular weight excluding hydrogens is 270 g/mol. The number of carbonyl (C=O) groups excluding carboxylic acids is 2. The SMILES string of the molecule is COc1ccc(C(C)(C)C)cc1N[C@@H](C)C(=O)NC(N)=O. The molecule has 0 saturated heterocycles. The van der Waals surface area contributed by atoms with E-state index in [4.69, 9.17) is 10.5 Å². The Kier molecular flexibility index (Phi) is 5.18. The van der Waals surface area contributed by atoms with Gasteiger partial charge in [-0.2, -0.15) is 0 Å². The Labute approximate surface area is 125 Å². The molecule has 6 nitrogen and oxygen atoms in total. The van der Waals surface area contributed by atoms with Crippen LogP contribution in [0.5, 0.6) is 5.75 Å². The Morgan fingerprint density at radius 1 is 1.29 bits per heavy atom. The van der Waals surface area contributed by atoms with Crippen LogP contribution < -0.4 is 21.1 Å². The molecule has 116 valence electrons. The molecule has 1 rings (SSSR count). The number of anilines is 1. The third-order valence-corrected chi connectivity index (χ3v) is 3.08. The highest BCUT2D eigenvalue weighted by Gasteiger charge is 2.19. The zero-order valence-electron chi connectivity index (χ0n) is 13.1. The predicted molar refractivity (Wildman–Crippen MR) is 82.5 cm³/mol. The van der Waals surface area contributed by atoms with Gasteiger partial charge in [0.15, 0.2) is 0 Å². The number of methoxy groups -OCH3 is 1. The lowest BCUT2D eigenvalue weighted by Gasteiger charge is -2.23. The average molecular weight is 293 g/mol. The Hall–Kier alpha value is -2.24. The molecule has 4 N–H and O–H groups in total. The number of ether oxygens (including phenoxy) is 1. The van der Waals surface area contributed by atoms with Crippen LogP contribution in [0.4, 0.5) is 10.5 Å². The minimum Gasteiger partial charge on any atom is -0.495 e. The lowest BCUT2D eigenvalue weighted by molar-refractivity contribution is -0.120. The maximum absolute atomic E-state index is 11.7. The average Bonchev–Trinajstić information content (AvgIpc) is 2.36. The lowest BCUT2D eigenvalue weighted by Crippen LogP contribution is -2.43. The molecule has 0 radical (unpaired) electrons. The first kappa shape index (κ1) is 16.8. The van der Waals surface area contributed by atoms with Crippen LogP contribution >= 0.6 is 0 Å².